The van der Waals surface area contributed by atoms with Crippen molar-refractivity contribution in [3.8, 4) is 5.75 Å². The lowest BCUT2D eigenvalue weighted by atomic mass is 10.0. The second-order valence-electron chi connectivity index (χ2n) is 7.30. The second kappa shape index (κ2) is 9.51. The van der Waals surface area contributed by atoms with E-state index < -0.39 is 0 Å². The first-order chi connectivity index (χ1) is 13.8. The molecule has 0 spiro atoms. The van der Waals surface area contributed by atoms with Gasteiger partial charge in [0.05, 0.1) is 0 Å². The molecule has 5 nitrogen and oxygen atoms in total. The monoisotopic (exact) mass is 434 g/mol. The lowest BCUT2D eigenvalue weighted by molar-refractivity contribution is -0.134. The number of halogens is 2. The highest BCUT2D eigenvalue weighted by molar-refractivity contribution is 6.32. The summed E-state index contributed by atoms with van der Waals surface area (Å²) in [5, 5.41) is 4.26. The van der Waals surface area contributed by atoms with Crippen molar-refractivity contribution >= 4 is 35.0 Å². The van der Waals surface area contributed by atoms with Crippen LogP contribution >= 0.6 is 23.2 Å². The largest absolute Gasteiger partial charge is 0.484 e. The highest BCUT2D eigenvalue weighted by atomic mass is 35.5. The van der Waals surface area contributed by atoms with Gasteiger partial charge in [-0.25, -0.2) is 0 Å². The number of nitrogens with one attached hydrogen (secondary N) is 1. The molecule has 29 heavy (non-hydrogen) atoms. The number of aryl methyl sites for hydroxylation is 2. The molecule has 154 valence electrons. The Kier molecular flexibility index (Phi) is 7.04. The summed E-state index contributed by atoms with van der Waals surface area (Å²) in [5.41, 5.74) is 2.38. The maximum Gasteiger partial charge on any atom is 0.260 e. The van der Waals surface area contributed by atoms with E-state index in [4.69, 9.17) is 27.9 Å². The average Bonchev–Trinajstić information content (AvgIpc) is 2.70. The summed E-state index contributed by atoms with van der Waals surface area (Å²) in [6, 6.07) is 10.6. The van der Waals surface area contributed by atoms with E-state index in [0.717, 1.165) is 11.1 Å². The zero-order valence-electron chi connectivity index (χ0n) is 16.5. The van der Waals surface area contributed by atoms with Crippen LogP contribution in [0.1, 0.15) is 34.3 Å². The summed E-state index contributed by atoms with van der Waals surface area (Å²) in [4.78, 5) is 26.6. The number of rotatable bonds is 5. The number of hydrogen-bond acceptors (Lipinski definition) is 3. The zero-order valence-corrected chi connectivity index (χ0v) is 18.0. The van der Waals surface area contributed by atoms with E-state index in [-0.39, 0.29) is 24.5 Å². The molecule has 0 bridgehead atoms. The minimum atomic E-state index is -0.144. The molecule has 0 aromatic heterocycles. The molecule has 0 unspecified atom stereocenters. The van der Waals surface area contributed by atoms with Crippen LogP contribution in [0, 0.1) is 13.8 Å². The summed E-state index contributed by atoms with van der Waals surface area (Å²) in [7, 11) is 0. The Morgan fingerprint density at radius 1 is 1.10 bits per heavy atom. The summed E-state index contributed by atoms with van der Waals surface area (Å²) in [5.74, 6) is 0.436. The van der Waals surface area contributed by atoms with Crippen molar-refractivity contribution in [3.05, 3.63) is 63.1 Å². The molecule has 0 aliphatic carbocycles. The molecular weight excluding hydrogens is 411 g/mol. The first kappa shape index (κ1) is 21.5. The third kappa shape index (κ3) is 5.64. The Balaban J connectivity index is 1.46. The summed E-state index contributed by atoms with van der Waals surface area (Å²) >= 11 is 12.1. The minimum absolute atomic E-state index is 0.0138. The molecule has 2 aromatic rings. The number of hydrogen-bond donors (Lipinski definition) is 1. The number of likely N-dealkylation sites (tertiary alicyclic amines) is 1. The van der Waals surface area contributed by atoms with Crippen LogP contribution < -0.4 is 10.1 Å². The number of amides is 2. The Bertz CT molecular complexity index is 886. The molecule has 0 saturated carbocycles. The standard InChI is InChI=1S/C22H24Cl2N2O3/c1-14-10-19(11-15(2)21(14)24)29-13-20(27)26-8-6-18(7-9-26)25-22(28)16-4-3-5-17(23)12-16/h3-5,10-12,18H,6-9,13H2,1-2H3,(H,25,28). The molecule has 1 aliphatic rings. The fourth-order valence-corrected chi connectivity index (χ4v) is 3.70. The first-order valence-electron chi connectivity index (χ1n) is 9.57. The molecule has 1 fully saturated rings. The third-order valence-electron chi connectivity index (χ3n) is 5.04. The topological polar surface area (TPSA) is 58.6 Å². The van der Waals surface area contributed by atoms with E-state index >= 15 is 0 Å². The van der Waals surface area contributed by atoms with Gasteiger partial charge in [0.15, 0.2) is 6.61 Å². The van der Waals surface area contributed by atoms with E-state index in [9.17, 15) is 9.59 Å². The second-order valence-corrected chi connectivity index (χ2v) is 8.11. The Labute approximate surface area is 180 Å². The maximum absolute atomic E-state index is 12.5. The van der Waals surface area contributed by atoms with Crippen LogP contribution in [0.3, 0.4) is 0 Å². The van der Waals surface area contributed by atoms with Gasteiger partial charge in [-0.1, -0.05) is 29.3 Å². The number of ether oxygens (including phenoxy) is 1. The normalized spacial score (nSPS) is 14.6. The van der Waals surface area contributed by atoms with Crippen molar-refractivity contribution in [2.75, 3.05) is 19.7 Å². The molecule has 1 N–H and O–H groups in total. The van der Waals surface area contributed by atoms with Gasteiger partial charge in [-0.3, -0.25) is 9.59 Å². The number of carbonyl (C=O) groups excluding carboxylic acids is 2. The maximum atomic E-state index is 12.5. The van der Waals surface area contributed by atoms with E-state index in [0.29, 0.717) is 47.3 Å². The van der Waals surface area contributed by atoms with Gasteiger partial charge in [0.1, 0.15) is 5.75 Å². The van der Waals surface area contributed by atoms with E-state index in [2.05, 4.69) is 5.32 Å². The van der Waals surface area contributed by atoms with Crippen LogP contribution in [0.5, 0.6) is 5.75 Å². The molecule has 2 aromatic carbocycles. The number of carbonyl (C=O) groups is 2. The molecule has 7 heteroatoms. The predicted molar refractivity (Wildman–Crippen MR) is 115 cm³/mol. The number of benzene rings is 2. The van der Waals surface area contributed by atoms with E-state index in [1.165, 1.54) is 0 Å². The Hall–Kier alpha value is -2.24. The van der Waals surface area contributed by atoms with E-state index in [1.54, 1.807) is 29.2 Å². The SMILES string of the molecule is Cc1cc(OCC(=O)N2CCC(NC(=O)c3cccc(Cl)c3)CC2)cc(C)c1Cl. The van der Waals surface area contributed by atoms with Crippen molar-refractivity contribution in [3.63, 3.8) is 0 Å². The smallest absolute Gasteiger partial charge is 0.260 e. The highest BCUT2D eigenvalue weighted by Gasteiger charge is 2.24. The highest BCUT2D eigenvalue weighted by Crippen LogP contribution is 2.26. The zero-order chi connectivity index (χ0) is 21.0. The van der Waals surface area contributed by atoms with Crippen molar-refractivity contribution in [2.24, 2.45) is 0 Å². The van der Waals surface area contributed by atoms with Crippen molar-refractivity contribution < 1.29 is 14.3 Å². The Morgan fingerprint density at radius 3 is 2.38 bits per heavy atom. The third-order valence-corrected chi connectivity index (χ3v) is 5.87. The van der Waals surface area contributed by atoms with Crippen LogP contribution in [0.25, 0.3) is 0 Å². The van der Waals surface area contributed by atoms with Crippen molar-refractivity contribution in [1.82, 2.24) is 10.2 Å². The van der Waals surface area contributed by atoms with Crippen molar-refractivity contribution in [1.29, 1.82) is 0 Å². The van der Waals surface area contributed by atoms with Crippen LogP contribution in [0.2, 0.25) is 10.0 Å². The van der Waals surface area contributed by atoms with Gasteiger partial charge in [0.25, 0.3) is 11.8 Å². The summed E-state index contributed by atoms with van der Waals surface area (Å²) < 4.78 is 5.67. The van der Waals surface area contributed by atoms with Crippen LogP contribution in [-0.4, -0.2) is 42.5 Å². The molecule has 0 atom stereocenters. The molecule has 0 radical (unpaired) electrons. The molecule has 1 aliphatic heterocycles. The predicted octanol–water partition coefficient (Wildman–Crippen LogP) is 4.41. The fraction of sp³-hybridized carbons (Fsp3) is 0.364. The lowest BCUT2D eigenvalue weighted by Crippen LogP contribution is -2.47. The van der Waals surface area contributed by atoms with Crippen LogP contribution in [-0.2, 0) is 4.79 Å². The number of nitrogens with zero attached hydrogens (tertiary/aromatic N) is 1. The molecule has 3 rings (SSSR count). The number of piperidine rings is 1. The minimum Gasteiger partial charge on any atom is -0.484 e. The summed E-state index contributed by atoms with van der Waals surface area (Å²) in [6.07, 6.45) is 1.41. The van der Waals surface area contributed by atoms with Crippen LogP contribution in [0.15, 0.2) is 36.4 Å². The van der Waals surface area contributed by atoms with Gasteiger partial charge < -0.3 is 15.0 Å². The molecule has 1 heterocycles. The first-order valence-corrected chi connectivity index (χ1v) is 10.3. The molecular formula is C22H24Cl2N2O3. The van der Waals surface area contributed by atoms with Gasteiger partial charge >= 0.3 is 0 Å². The molecule has 2 amide bonds. The van der Waals surface area contributed by atoms with Gasteiger partial charge in [-0.2, -0.15) is 0 Å². The quantitative estimate of drug-likeness (QED) is 0.757. The van der Waals surface area contributed by atoms with Crippen molar-refractivity contribution in [2.45, 2.75) is 32.7 Å². The lowest BCUT2D eigenvalue weighted by Gasteiger charge is -2.32. The fourth-order valence-electron chi connectivity index (χ4n) is 3.40. The average molecular weight is 435 g/mol. The Morgan fingerprint density at radius 2 is 1.76 bits per heavy atom. The van der Waals surface area contributed by atoms with Gasteiger partial charge in [0.2, 0.25) is 0 Å². The molecule has 1 saturated heterocycles. The summed E-state index contributed by atoms with van der Waals surface area (Å²) in [6.45, 7) is 4.97. The van der Waals surface area contributed by atoms with E-state index in [1.807, 2.05) is 26.0 Å². The van der Waals surface area contributed by atoms with Gasteiger partial charge in [0, 0.05) is 34.7 Å². The van der Waals surface area contributed by atoms with Gasteiger partial charge in [-0.15, -0.1) is 0 Å². The van der Waals surface area contributed by atoms with Gasteiger partial charge in [-0.05, 0) is 68.1 Å². The van der Waals surface area contributed by atoms with Crippen LogP contribution in [0.4, 0.5) is 0 Å².